The highest BCUT2D eigenvalue weighted by Crippen LogP contribution is 2.39. The normalized spacial score (nSPS) is 15.8. The third-order valence-corrected chi connectivity index (χ3v) is 6.06. The number of carbonyl (C=O) groups is 1. The molecule has 32 heavy (non-hydrogen) atoms. The van der Waals surface area contributed by atoms with Gasteiger partial charge in [-0.05, 0) is 42.3 Å². The predicted octanol–water partition coefficient (Wildman–Crippen LogP) is 4.78. The van der Waals surface area contributed by atoms with Crippen molar-refractivity contribution >= 4 is 48.0 Å². The van der Waals surface area contributed by atoms with Gasteiger partial charge in [-0.15, -0.1) is 24.8 Å². The number of anilines is 1. The smallest absolute Gasteiger partial charge is 0.241 e. The molecule has 168 valence electrons. The first-order chi connectivity index (χ1) is 14.6. The van der Waals surface area contributed by atoms with E-state index in [2.05, 4.69) is 27.9 Å². The average molecular weight is 493 g/mol. The molecule has 1 atom stereocenters. The number of rotatable bonds is 5. The van der Waals surface area contributed by atoms with Crippen molar-refractivity contribution in [2.75, 3.05) is 24.5 Å². The minimum Gasteiger partial charge on any atom is -0.347 e. The molecule has 0 aliphatic carbocycles. The van der Waals surface area contributed by atoms with Crippen molar-refractivity contribution in [1.82, 2.24) is 14.9 Å². The van der Waals surface area contributed by atoms with E-state index in [4.69, 9.17) is 11.6 Å². The van der Waals surface area contributed by atoms with Gasteiger partial charge in [0.15, 0.2) is 0 Å². The monoisotopic (exact) mass is 491 g/mol. The Bertz CT molecular complexity index is 1080. The Morgan fingerprint density at radius 1 is 1.19 bits per heavy atom. The van der Waals surface area contributed by atoms with Gasteiger partial charge in [-0.25, -0.2) is 4.98 Å². The Hall–Kier alpha value is -2.56. The van der Waals surface area contributed by atoms with E-state index in [0.717, 1.165) is 23.4 Å². The highest BCUT2D eigenvalue weighted by molar-refractivity contribution is 6.30. The van der Waals surface area contributed by atoms with Crippen LogP contribution in [-0.2, 0) is 10.3 Å². The Labute approximate surface area is 205 Å². The van der Waals surface area contributed by atoms with Gasteiger partial charge in [-0.3, -0.25) is 9.69 Å². The number of benzene rings is 2. The van der Waals surface area contributed by atoms with E-state index < -0.39 is 5.54 Å². The molecule has 0 bridgehead atoms. The van der Waals surface area contributed by atoms with Crippen LogP contribution in [-0.4, -0.2) is 40.4 Å². The van der Waals surface area contributed by atoms with E-state index in [1.54, 1.807) is 17.3 Å². The highest BCUT2D eigenvalue weighted by Gasteiger charge is 2.43. The molecule has 1 fully saturated rings. The van der Waals surface area contributed by atoms with Crippen molar-refractivity contribution in [2.45, 2.75) is 18.9 Å². The molecule has 1 N–H and O–H groups in total. The lowest BCUT2D eigenvalue weighted by Crippen LogP contribution is -2.58. The number of aromatic nitrogens is 2. The Balaban J connectivity index is 0.00000181. The van der Waals surface area contributed by atoms with E-state index >= 15 is 0 Å². The van der Waals surface area contributed by atoms with E-state index in [1.807, 2.05) is 48.7 Å². The number of hydrogen-bond donors (Lipinski definition) is 1. The van der Waals surface area contributed by atoms with E-state index in [0.29, 0.717) is 23.7 Å². The lowest BCUT2D eigenvalue weighted by molar-refractivity contribution is -0.123. The van der Waals surface area contributed by atoms with Crippen molar-refractivity contribution in [3.63, 3.8) is 0 Å². The molecule has 0 spiro atoms. The number of imidazole rings is 1. The third-order valence-electron chi connectivity index (χ3n) is 5.83. The maximum absolute atomic E-state index is 13.2. The SMILES string of the molecule is CCC(c1ccc(C#N)cc1)(c1cnc[nH]1)N1CCN(c2cccc(Cl)c2)C(=O)C1.Cl.Cl. The van der Waals surface area contributed by atoms with Gasteiger partial charge in [0.2, 0.25) is 5.91 Å². The van der Waals surface area contributed by atoms with Crippen molar-refractivity contribution in [3.8, 4) is 6.07 Å². The van der Waals surface area contributed by atoms with Crippen molar-refractivity contribution in [2.24, 2.45) is 0 Å². The summed E-state index contributed by atoms with van der Waals surface area (Å²) in [7, 11) is 0. The summed E-state index contributed by atoms with van der Waals surface area (Å²) in [4.78, 5) is 24.6. The summed E-state index contributed by atoms with van der Waals surface area (Å²) < 4.78 is 0. The van der Waals surface area contributed by atoms with Crippen LogP contribution in [0, 0.1) is 11.3 Å². The maximum atomic E-state index is 13.2. The number of piperazine rings is 1. The fourth-order valence-electron chi connectivity index (χ4n) is 4.35. The summed E-state index contributed by atoms with van der Waals surface area (Å²) >= 11 is 6.13. The molecular weight excluding hydrogens is 469 g/mol. The Morgan fingerprint density at radius 2 is 1.94 bits per heavy atom. The van der Waals surface area contributed by atoms with Gasteiger partial charge in [0, 0.05) is 23.8 Å². The van der Waals surface area contributed by atoms with E-state index in [9.17, 15) is 10.1 Å². The number of halogens is 3. The molecule has 1 unspecified atom stereocenters. The first-order valence-corrected chi connectivity index (χ1v) is 10.3. The maximum Gasteiger partial charge on any atom is 0.241 e. The quantitative estimate of drug-likeness (QED) is 0.556. The van der Waals surface area contributed by atoms with Gasteiger partial charge >= 0.3 is 0 Å². The predicted molar refractivity (Wildman–Crippen MR) is 131 cm³/mol. The lowest BCUT2D eigenvalue weighted by atomic mass is 9.81. The lowest BCUT2D eigenvalue weighted by Gasteiger charge is -2.47. The van der Waals surface area contributed by atoms with Crippen LogP contribution in [0.15, 0.2) is 61.1 Å². The molecular formula is C23H24Cl3N5O. The molecule has 0 saturated carbocycles. The van der Waals surface area contributed by atoms with Gasteiger partial charge in [-0.2, -0.15) is 5.26 Å². The molecule has 4 rings (SSSR count). The van der Waals surface area contributed by atoms with Crippen LogP contribution < -0.4 is 4.90 Å². The van der Waals surface area contributed by atoms with E-state index in [-0.39, 0.29) is 37.3 Å². The molecule has 1 saturated heterocycles. The molecule has 1 aliphatic heterocycles. The average Bonchev–Trinajstić information content (AvgIpc) is 3.30. The van der Waals surface area contributed by atoms with Gasteiger partial charge < -0.3 is 9.88 Å². The minimum absolute atomic E-state index is 0. The molecule has 3 aromatic rings. The summed E-state index contributed by atoms with van der Waals surface area (Å²) in [5.41, 5.74) is 2.83. The second kappa shape index (κ2) is 10.8. The molecule has 1 amide bonds. The van der Waals surface area contributed by atoms with Crippen molar-refractivity contribution in [3.05, 3.63) is 82.9 Å². The molecule has 2 heterocycles. The summed E-state index contributed by atoms with van der Waals surface area (Å²) in [5.74, 6) is 0.0227. The largest absolute Gasteiger partial charge is 0.347 e. The van der Waals surface area contributed by atoms with Crippen LogP contribution in [0.3, 0.4) is 0 Å². The zero-order valence-electron chi connectivity index (χ0n) is 17.5. The fourth-order valence-corrected chi connectivity index (χ4v) is 4.53. The fraction of sp³-hybridized carbons (Fsp3) is 0.261. The number of aromatic amines is 1. The van der Waals surface area contributed by atoms with Crippen LogP contribution in [0.2, 0.25) is 5.02 Å². The molecule has 6 nitrogen and oxygen atoms in total. The number of H-pyrrole nitrogens is 1. The second-order valence-corrected chi connectivity index (χ2v) is 7.75. The van der Waals surface area contributed by atoms with Gasteiger partial charge in [0.25, 0.3) is 0 Å². The van der Waals surface area contributed by atoms with Crippen LogP contribution in [0.25, 0.3) is 0 Å². The first-order valence-electron chi connectivity index (χ1n) is 9.89. The highest BCUT2D eigenvalue weighted by atomic mass is 35.5. The molecule has 0 radical (unpaired) electrons. The van der Waals surface area contributed by atoms with E-state index in [1.165, 1.54) is 0 Å². The second-order valence-electron chi connectivity index (χ2n) is 7.32. The minimum atomic E-state index is -0.541. The number of amides is 1. The number of carbonyl (C=O) groups excluding carboxylic acids is 1. The molecule has 1 aromatic heterocycles. The number of nitrogens with zero attached hydrogens (tertiary/aromatic N) is 4. The van der Waals surface area contributed by atoms with Crippen molar-refractivity contribution in [1.29, 1.82) is 5.26 Å². The zero-order chi connectivity index (χ0) is 21.1. The summed E-state index contributed by atoms with van der Waals surface area (Å²) in [6.07, 6.45) is 4.22. The van der Waals surface area contributed by atoms with Gasteiger partial charge in [-0.1, -0.05) is 36.7 Å². The summed E-state index contributed by atoms with van der Waals surface area (Å²) in [6.45, 7) is 3.61. The summed E-state index contributed by atoms with van der Waals surface area (Å²) in [5, 5.41) is 9.79. The number of hydrogen-bond acceptors (Lipinski definition) is 4. The topological polar surface area (TPSA) is 76.0 Å². The Kier molecular flexibility index (Phi) is 8.71. The van der Waals surface area contributed by atoms with Crippen LogP contribution in [0.4, 0.5) is 5.69 Å². The first kappa shape index (κ1) is 25.7. The molecule has 1 aliphatic rings. The zero-order valence-corrected chi connectivity index (χ0v) is 19.9. The standard InChI is InChI=1S/C23H22ClN5O.2ClH/c1-2-23(21-14-26-16-27-21,18-8-6-17(13-25)7-9-18)28-10-11-29(22(30)15-28)20-5-3-4-19(24)12-20;;/h3-9,12,14,16H,2,10-11,15H2,1H3,(H,26,27);2*1H. The van der Waals surface area contributed by atoms with Gasteiger partial charge in [0.05, 0.1) is 41.9 Å². The van der Waals surface area contributed by atoms with Crippen molar-refractivity contribution < 1.29 is 4.79 Å². The molecule has 2 aromatic carbocycles. The summed E-state index contributed by atoms with van der Waals surface area (Å²) in [6, 6.07) is 17.1. The Morgan fingerprint density at radius 3 is 2.50 bits per heavy atom. The number of nitrogens with one attached hydrogen (secondary N) is 1. The van der Waals surface area contributed by atoms with Gasteiger partial charge in [0.1, 0.15) is 0 Å². The van der Waals surface area contributed by atoms with Crippen LogP contribution >= 0.6 is 36.4 Å². The van der Waals surface area contributed by atoms with Crippen LogP contribution in [0.1, 0.15) is 30.2 Å². The number of nitriles is 1. The van der Waals surface area contributed by atoms with Crippen LogP contribution in [0.5, 0.6) is 0 Å². The third kappa shape index (κ3) is 4.62. The molecule has 9 heteroatoms.